The van der Waals surface area contributed by atoms with Gasteiger partial charge in [-0.05, 0) is 42.0 Å². The summed E-state index contributed by atoms with van der Waals surface area (Å²) in [7, 11) is 0.0926. The molecule has 1 aromatic carbocycles. The number of ether oxygens (including phenoxy) is 1. The van der Waals surface area contributed by atoms with Crippen LogP contribution in [0, 0.1) is 22.6 Å². The Balaban J connectivity index is 2.01. The number of carbonyl (C=O) groups is 1. The summed E-state index contributed by atoms with van der Waals surface area (Å²) in [6, 6.07) is 5.82. The van der Waals surface area contributed by atoms with Crippen LogP contribution in [0.15, 0.2) is 18.2 Å². The van der Waals surface area contributed by atoms with Gasteiger partial charge in [-0.15, -0.1) is 0 Å². The number of nitrogens with zero attached hydrogens (tertiary/aromatic N) is 1. The van der Waals surface area contributed by atoms with Gasteiger partial charge in [-0.1, -0.05) is 0 Å². The summed E-state index contributed by atoms with van der Waals surface area (Å²) in [5.41, 5.74) is 0.546. The lowest BCUT2D eigenvalue weighted by Gasteiger charge is -2.13. The fraction of sp³-hybridized carbons (Fsp3) is 0.467. The molecule has 0 heterocycles. The molecule has 1 aromatic rings. The minimum atomic E-state index is -1.24. The van der Waals surface area contributed by atoms with Crippen molar-refractivity contribution in [2.24, 2.45) is 5.41 Å². The van der Waals surface area contributed by atoms with Crippen LogP contribution in [0.4, 0.5) is 4.39 Å². The summed E-state index contributed by atoms with van der Waals surface area (Å²) in [4.78, 5) is 11.3. The van der Waals surface area contributed by atoms with Crippen molar-refractivity contribution in [3.05, 3.63) is 35.1 Å². The van der Waals surface area contributed by atoms with E-state index in [1.54, 1.807) is 0 Å². The quantitative estimate of drug-likeness (QED) is 0.756. The Kier molecular flexibility index (Phi) is 4.73. The zero-order valence-corrected chi connectivity index (χ0v) is 12.5. The van der Waals surface area contributed by atoms with Crippen molar-refractivity contribution in [1.82, 2.24) is 0 Å². The number of hydrogen-bond acceptors (Lipinski definition) is 4. The molecule has 0 radical (unpaired) electrons. The molecule has 0 bridgehead atoms. The summed E-state index contributed by atoms with van der Waals surface area (Å²) < 4.78 is 30.1. The molecular weight excluding hydrogens is 293 g/mol. The van der Waals surface area contributed by atoms with Crippen LogP contribution in [-0.2, 0) is 26.1 Å². The molecule has 0 spiro atoms. The van der Waals surface area contributed by atoms with Crippen LogP contribution in [-0.4, -0.2) is 23.0 Å². The first-order chi connectivity index (χ1) is 9.98. The van der Waals surface area contributed by atoms with Gasteiger partial charge in [0.05, 0.1) is 25.2 Å². The fourth-order valence-electron chi connectivity index (χ4n) is 2.28. The van der Waals surface area contributed by atoms with Gasteiger partial charge < -0.3 is 4.74 Å². The second kappa shape index (κ2) is 6.35. The van der Waals surface area contributed by atoms with E-state index >= 15 is 0 Å². The van der Waals surface area contributed by atoms with Gasteiger partial charge in [0.2, 0.25) is 0 Å². The van der Waals surface area contributed by atoms with E-state index in [-0.39, 0.29) is 23.6 Å². The monoisotopic (exact) mass is 309 g/mol. The van der Waals surface area contributed by atoms with Gasteiger partial charge in [-0.3, -0.25) is 9.00 Å². The van der Waals surface area contributed by atoms with Crippen LogP contribution in [0.5, 0.6) is 0 Å². The predicted octanol–water partition coefficient (Wildman–Crippen LogP) is 2.29. The highest BCUT2D eigenvalue weighted by atomic mass is 32.2. The Morgan fingerprint density at radius 1 is 1.52 bits per heavy atom. The number of methoxy groups -OCH3 is 1. The van der Waals surface area contributed by atoms with E-state index in [1.165, 1.54) is 25.3 Å². The summed E-state index contributed by atoms with van der Waals surface area (Å²) in [6.45, 7) is 0. The number of rotatable bonds is 6. The lowest BCUT2D eigenvalue weighted by atomic mass is 10.1. The first-order valence-electron chi connectivity index (χ1n) is 6.58. The number of benzene rings is 1. The highest BCUT2D eigenvalue weighted by molar-refractivity contribution is 7.84. The van der Waals surface area contributed by atoms with Gasteiger partial charge in [0, 0.05) is 22.3 Å². The highest BCUT2D eigenvalue weighted by Crippen LogP contribution is 2.49. The van der Waals surface area contributed by atoms with E-state index in [9.17, 15) is 13.4 Å². The largest absolute Gasteiger partial charge is 0.469 e. The average Bonchev–Trinajstić information content (AvgIpc) is 3.17. The third kappa shape index (κ3) is 4.11. The maximum Gasteiger partial charge on any atom is 0.306 e. The molecule has 0 aliphatic heterocycles. The predicted molar refractivity (Wildman–Crippen MR) is 76.1 cm³/mol. The van der Waals surface area contributed by atoms with Crippen molar-refractivity contribution >= 4 is 16.8 Å². The van der Waals surface area contributed by atoms with Crippen LogP contribution < -0.4 is 0 Å². The van der Waals surface area contributed by atoms with Crippen molar-refractivity contribution in [3.8, 4) is 6.07 Å². The summed E-state index contributed by atoms with van der Waals surface area (Å²) in [5.74, 6) is -0.239. The van der Waals surface area contributed by atoms with E-state index in [4.69, 9.17) is 5.26 Å². The van der Waals surface area contributed by atoms with E-state index in [0.717, 1.165) is 12.8 Å². The third-order valence-electron chi connectivity index (χ3n) is 3.68. The van der Waals surface area contributed by atoms with E-state index in [1.807, 2.05) is 6.07 Å². The third-order valence-corrected chi connectivity index (χ3v) is 5.24. The Labute approximate surface area is 125 Å². The van der Waals surface area contributed by atoms with Crippen molar-refractivity contribution < 1.29 is 18.1 Å². The number of hydrogen-bond donors (Lipinski definition) is 0. The molecule has 0 amide bonds. The van der Waals surface area contributed by atoms with Crippen LogP contribution in [0.3, 0.4) is 0 Å². The number of carbonyl (C=O) groups excluding carboxylic acids is 1. The van der Waals surface area contributed by atoms with Gasteiger partial charge >= 0.3 is 5.97 Å². The minimum Gasteiger partial charge on any atom is -0.469 e. The standard InChI is InChI=1S/C15H16FNO3S/c1-20-14(18)7-15(4-5-15)10-21(19)9-12-6-13(16)3-2-11(12)8-17/h2-3,6H,4-5,7,9-10H2,1H3. The van der Waals surface area contributed by atoms with Gasteiger partial charge in [0.25, 0.3) is 0 Å². The molecule has 112 valence electrons. The fourth-order valence-corrected chi connectivity index (χ4v) is 4.05. The SMILES string of the molecule is COC(=O)CC1(CS(=O)Cc2cc(F)ccc2C#N)CC1. The van der Waals surface area contributed by atoms with Crippen LogP contribution in [0.2, 0.25) is 0 Å². The van der Waals surface area contributed by atoms with E-state index < -0.39 is 16.6 Å². The molecular formula is C15H16FNO3S. The van der Waals surface area contributed by atoms with Crippen LogP contribution in [0.1, 0.15) is 30.4 Å². The zero-order chi connectivity index (χ0) is 15.5. The molecule has 21 heavy (non-hydrogen) atoms. The molecule has 0 aromatic heterocycles. The second-order valence-electron chi connectivity index (χ2n) is 5.39. The Morgan fingerprint density at radius 3 is 2.81 bits per heavy atom. The molecule has 1 fully saturated rings. The first kappa shape index (κ1) is 15.6. The topological polar surface area (TPSA) is 67.2 Å². The zero-order valence-electron chi connectivity index (χ0n) is 11.7. The maximum absolute atomic E-state index is 13.2. The molecule has 1 atom stereocenters. The van der Waals surface area contributed by atoms with Crippen LogP contribution >= 0.6 is 0 Å². The molecule has 1 aliphatic rings. The average molecular weight is 309 g/mol. The van der Waals surface area contributed by atoms with Gasteiger partial charge in [-0.25, -0.2) is 4.39 Å². The van der Waals surface area contributed by atoms with Gasteiger partial charge in [-0.2, -0.15) is 5.26 Å². The van der Waals surface area contributed by atoms with Gasteiger partial charge in [0.15, 0.2) is 0 Å². The maximum atomic E-state index is 13.2. The lowest BCUT2D eigenvalue weighted by molar-refractivity contribution is -0.141. The van der Waals surface area contributed by atoms with Crippen molar-refractivity contribution in [3.63, 3.8) is 0 Å². The number of halogens is 1. The molecule has 0 N–H and O–H groups in total. The number of esters is 1. The Morgan fingerprint density at radius 2 is 2.24 bits per heavy atom. The van der Waals surface area contributed by atoms with Gasteiger partial charge in [0.1, 0.15) is 5.82 Å². The van der Waals surface area contributed by atoms with Crippen LogP contribution in [0.25, 0.3) is 0 Å². The number of nitriles is 1. The smallest absolute Gasteiger partial charge is 0.306 e. The summed E-state index contributed by atoms with van der Waals surface area (Å²) in [6.07, 6.45) is 1.97. The second-order valence-corrected chi connectivity index (χ2v) is 6.85. The first-order valence-corrected chi connectivity index (χ1v) is 8.07. The highest BCUT2D eigenvalue weighted by Gasteiger charge is 2.45. The van der Waals surface area contributed by atoms with Crippen molar-refractivity contribution in [1.29, 1.82) is 5.26 Å². The molecule has 4 nitrogen and oxygen atoms in total. The van der Waals surface area contributed by atoms with E-state index in [0.29, 0.717) is 16.9 Å². The summed E-state index contributed by atoms with van der Waals surface area (Å²) in [5, 5.41) is 8.99. The normalized spacial score (nSPS) is 16.8. The molecule has 1 saturated carbocycles. The molecule has 1 unspecified atom stereocenters. The molecule has 6 heteroatoms. The molecule has 2 rings (SSSR count). The van der Waals surface area contributed by atoms with Crippen molar-refractivity contribution in [2.45, 2.75) is 25.0 Å². The lowest BCUT2D eigenvalue weighted by Crippen LogP contribution is -2.18. The molecule has 0 saturated heterocycles. The van der Waals surface area contributed by atoms with E-state index in [2.05, 4.69) is 4.74 Å². The Bertz CT molecular complexity index is 620. The molecule has 1 aliphatic carbocycles. The Hall–Kier alpha value is -1.74. The van der Waals surface area contributed by atoms with Crippen molar-refractivity contribution in [2.75, 3.05) is 12.9 Å². The summed E-state index contributed by atoms with van der Waals surface area (Å²) >= 11 is 0. The minimum absolute atomic E-state index is 0.129.